The van der Waals surface area contributed by atoms with Gasteiger partial charge in [-0.25, -0.2) is 0 Å². The van der Waals surface area contributed by atoms with Crippen molar-refractivity contribution in [3.05, 3.63) is 82.9 Å². The third kappa shape index (κ3) is 3.46. The Morgan fingerprint density at radius 2 is 1.25 bits per heavy atom. The fourth-order valence-electron chi connectivity index (χ4n) is 3.76. The van der Waals surface area contributed by atoms with Crippen LogP contribution in [0.25, 0.3) is 12.2 Å². The quantitative estimate of drug-likeness (QED) is 0.604. The van der Waals surface area contributed by atoms with Gasteiger partial charge in [-0.05, 0) is 0 Å². The van der Waals surface area contributed by atoms with E-state index in [1.54, 1.807) is 11.1 Å². The third-order valence-corrected chi connectivity index (χ3v) is 9.95. The van der Waals surface area contributed by atoms with Gasteiger partial charge in [-0.2, -0.15) is 0 Å². The van der Waals surface area contributed by atoms with Gasteiger partial charge in [0.2, 0.25) is 0 Å². The Morgan fingerprint density at radius 1 is 0.792 bits per heavy atom. The molecule has 2 aliphatic carbocycles. The molecular weight excluding hydrogens is 370 g/mol. The molecule has 0 aromatic heterocycles. The molecule has 24 heavy (non-hydrogen) atoms. The SMILES string of the molecule is CC[B]=[Ti+2]([CH]1C=Cc2ccccc21)[CH]1C=Cc2ccccc21.[Cl-].[Cl-]. The van der Waals surface area contributed by atoms with E-state index < -0.39 is 17.2 Å². The maximum atomic E-state index is 2.67. The first-order chi connectivity index (χ1) is 10.9. The smallest absolute Gasteiger partial charge is 1.00 e. The zero-order valence-electron chi connectivity index (χ0n) is 13.6. The van der Waals surface area contributed by atoms with Gasteiger partial charge in [0.15, 0.2) is 0 Å². The average molecular weight is 389 g/mol. The zero-order chi connectivity index (χ0) is 14.9. The monoisotopic (exact) mass is 388 g/mol. The fraction of sp³-hybridized carbons (Fsp3) is 0.200. The number of benzene rings is 2. The Labute approximate surface area is 163 Å². The summed E-state index contributed by atoms with van der Waals surface area (Å²) < 4.78 is 1.33. The predicted octanol–water partition coefficient (Wildman–Crippen LogP) is -0.794. The van der Waals surface area contributed by atoms with Gasteiger partial charge in [0.05, 0.1) is 0 Å². The molecule has 4 rings (SSSR count). The predicted molar refractivity (Wildman–Crippen MR) is 92.7 cm³/mol. The average Bonchev–Trinajstić information content (AvgIpc) is 3.17. The molecular formula is C20H19BCl2Ti. The van der Waals surface area contributed by atoms with Crippen molar-refractivity contribution in [3.63, 3.8) is 0 Å². The maximum Gasteiger partial charge on any atom is -1.00 e. The van der Waals surface area contributed by atoms with Crippen molar-refractivity contribution in [1.29, 1.82) is 0 Å². The van der Waals surface area contributed by atoms with E-state index in [1.807, 2.05) is 0 Å². The first-order valence-corrected chi connectivity index (χ1v) is 10.8. The van der Waals surface area contributed by atoms with Gasteiger partial charge in [0, 0.05) is 0 Å². The van der Waals surface area contributed by atoms with E-state index in [2.05, 4.69) is 84.8 Å². The second kappa shape index (κ2) is 8.59. The van der Waals surface area contributed by atoms with Crippen molar-refractivity contribution < 1.29 is 42.0 Å². The molecule has 2 aromatic carbocycles. The molecule has 0 amide bonds. The van der Waals surface area contributed by atoms with Gasteiger partial charge in [-0.3, -0.25) is 0 Å². The van der Waals surface area contributed by atoms with E-state index in [1.165, 1.54) is 17.4 Å². The molecule has 0 radical (unpaired) electrons. The Morgan fingerprint density at radius 3 is 1.71 bits per heavy atom. The summed E-state index contributed by atoms with van der Waals surface area (Å²) in [6.07, 6.45) is 10.8. The number of allylic oxidation sites excluding steroid dienone is 2. The Bertz CT molecular complexity index is 747. The van der Waals surface area contributed by atoms with E-state index in [9.17, 15) is 0 Å². The third-order valence-electron chi connectivity index (χ3n) is 4.76. The number of rotatable bonds is 3. The summed E-state index contributed by atoms with van der Waals surface area (Å²) in [5.41, 5.74) is 5.97. The van der Waals surface area contributed by atoms with Crippen LogP contribution in [0.2, 0.25) is 6.32 Å². The van der Waals surface area contributed by atoms with E-state index in [-0.39, 0.29) is 24.8 Å². The van der Waals surface area contributed by atoms with Gasteiger partial charge < -0.3 is 24.8 Å². The van der Waals surface area contributed by atoms with Gasteiger partial charge in [0.25, 0.3) is 0 Å². The summed E-state index contributed by atoms with van der Waals surface area (Å²) in [6, 6.07) is 17.9. The molecule has 120 valence electrons. The minimum absolute atomic E-state index is 0. The van der Waals surface area contributed by atoms with Crippen molar-refractivity contribution in [3.8, 4) is 0 Å². The van der Waals surface area contributed by atoms with Crippen LogP contribution in [0.1, 0.15) is 37.6 Å². The van der Waals surface area contributed by atoms with Gasteiger partial charge in [-0.15, -0.1) is 0 Å². The molecule has 2 atom stereocenters. The Hall–Kier alpha value is -0.721. The van der Waals surface area contributed by atoms with Crippen LogP contribution in [0.15, 0.2) is 60.7 Å². The zero-order valence-corrected chi connectivity index (χ0v) is 16.7. The summed E-state index contributed by atoms with van der Waals surface area (Å²) in [4.78, 5) is 0. The summed E-state index contributed by atoms with van der Waals surface area (Å²) >= 11 is -1.44. The van der Waals surface area contributed by atoms with E-state index in [0.29, 0.717) is 8.45 Å². The molecule has 0 heterocycles. The summed E-state index contributed by atoms with van der Waals surface area (Å²) in [5, 5.41) is 2.67. The topological polar surface area (TPSA) is 0 Å². The molecule has 0 bridgehead atoms. The van der Waals surface area contributed by atoms with Crippen LogP contribution < -0.4 is 24.8 Å². The normalized spacial score (nSPS) is 18.5. The van der Waals surface area contributed by atoms with Gasteiger partial charge in [-0.1, -0.05) is 0 Å². The van der Waals surface area contributed by atoms with Gasteiger partial charge in [0.1, 0.15) is 0 Å². The van der Waals surface area contributed by atoms with Gasteiger partial charge >= 0.3 is 139 Å². The van der Waals surface area contributed by atoms with Crippen LogP contribution in [0.5, 0.6) is 0 Å². The van der Waals surface area contributed by atoms with Crippen LogP contribution in [-0.4, -0.2) is 5.02 Å². The number of hydrogen-bond donors (Lipinski definition) is 0. The molecule has 4 heteroatoms. The molecule has 2 aliphatic rings. The molecule has 0 spiro atoms. The van der Waals surface area contributed by atoms with E-state index in [4.69, 9.17) is 0 Å². The largest absolute Gasteiger partial charge is 1.00 e. The molecule has 0 saturated carbocycles. The number of halogens is 2. The van der Waals surface area contributed by atoms with Crippen LogP contribution in [-0.2, 0) is 17.2 Å². The van der Waals surface area contributed by atoms with Crippen LogP contribution >= 0.6 is 0 Å². The summed E-state index contributed by atoms with van der Waals surface area (Å²) in [7, 11) is 0. The first kappa shape index (κ1) is 19.6. The van der Waals surface area contributed by atoms with Crippen LogP contribution in [0.3, 0.4) is 0 Å². The van der Waals surface area contributed by atoms with Crippen LogP contribution in [0.4, 0.5) is 0 Å². The second-order valence-electron chi connectivity index (χ2n) is 6.04. The van der Waals surface area contributed by atoms with Crippen LogP contribution in [0, 0.1) is 0 Å². The van der Waals surface area contributed by atoms with E-state index in [0.717, 1.165) is 0 Å². The maximum absolute atomic E-state index is 2.67. The Kier molecular flexibility index (Phi) is 7.01. The minimum Gasteiger partial charge on any atom is -1.00 e. The summed E-state index contributed by atoms with van der Waals surface area (Å²) in [6.45, 7) is 2.29. The van der Waals surface area contributed by atoms with Crippen molar-refractivity contribution >= 4 is 17.2 Å². The number of hydrogen-bond acceptors (Lipinski definition) is 0. The molecule has 2 aromatic rings. The molecule has 0 nitrogen and oxygen atoms in total. The van der Waals surface area contributed by atoms with Crippen molar-refractivity contribution in [2.24, 2.45) is 0 Å². The Balaban J connectivity index is 0.00000104. The first-order valence-electron chi connectivity index (χ1n) is 8.12. The number of fused-ring (bicyclic) bond motifs is 2. The van der Waals surface area contributed by atoms with Crippen molar-refractivity contribution in [2.45, 2.75) is 21.7 Å². The van der Waals surface area contributed by atoms with Crippen molar-refractivity contribution in [1.82, 2.24) is 0 Å². The molecule has 0 aliphatic heterocycles. The molecule has 0 saturated heterocycles. The summed E-state index contributed by atoms with van der Waals surface area (Å²) in [5.74, 6) is 0. The second-order valence-corrected chi connectivity index (χ2v) is 10.2. The molecule has 0 N–H and O–H groups in total. The van der Waals surface area contributed by atoms with E-state index >= 15 is 0 Å². The van der Waals surface area contributed by atoms with Crippen molar-refractivity contribution in [2.75, 3.05) is 0 Å². The molecule has 2 unspecified atom stereocenters. The molecule has 0 fully saturated rings. The minimum atomic E-state index is -1.44. The fourth-order valence-corrected chi connectivity index (χ4v) is 8.83. The standard InChI is InChI=1S/2C9H7.C2H5B.2ClH.Ti/c2*1-2-5-9-7-3-6-8(9)4-1;1-2-3;;;/h2*1-7H;2H2,1H3;2*1H;/q;;;;;+2/p-2.